The van der Waals surface area contributed by atoms with Crippen molar-refractivity contribution in [2.45, 2.75) is 45.1 Å². The van der Waals surface area contributed by atoms with Gasteiger partial charge in [0.25, 0.3) is 0 Å². The molecule has 1 aliphatic heterocycles. The summed E-state index contributed by atoms with van der Waals surface area (Å²) in [6, 6.07) is 4.40. The van der Waals surface area contributed by atoms with Crippen LogP contribution in [0, 0.1) is 0 Å². The van der Waals surface area contributed by atoms with Crippen LogP contribution >= 0.6 is 23.2 Å². The van der Waals surface area contributed by atoms with E-state index >= 15 is 0 Å². The average molecular weight is 423 g/mol. The standard InChI is InChI=1S/C17H24Cl2N2O4S/c1-12-10-20(16(22)25-17(2,3)4)7-8-21(12)26(23,24)11-13-5-6-14(18)9-15(13)19/h5-6,9,12H,7-8,10-11H2,1-4H3. The molecule has 1 unspecified atom stereocenters. The average Bonchev–Trinajstić information content (AvgIpc) is 2.48. The Morgan fingerprint density at radius 2 is 1.92 bits per heavy atom. The summed E-state index contributed by atoms with van der Waals surface area (Å²) in [6.45, 7) is 7.95. The molecule has 1 saturated heterocycles. The highest BCUT2D eigenvalue weighted by molar-refractivity contribution is 7.88. The molecule has 1 aromatic rings. The van der Waals surface area contributed by atoms with Gasteiger partial charge in [0, 0.05) is 35.7 Å². The number of halogens is 2. The Morgan fingerprint density at radius 1 is 1.27 bits per heavy atom. The first-order valence-electron chi connectivity index (χ1n) is 8.30. The Balaban J connectivity index is 2.07. The monoisotopic (exact) mass is 422 g/mol. The fourth-order valence-corrected chi connectivity index (χ4v) is 5.10. The molecule has 2 rings (SSSR count). The van der Waals surface area contributed by atoms with E-state index in [0.717, 1.165) is 0 Å². The first-order chi connectivity index (χ1) is 11.9. The van der Waals surface area contributed by atoms with Gasteiger partial charge in [-0.25, -0.2) is 13.2 Å². The zero-order valence-electron chi connectivity index (χ0n) is 15.3. The minimum Gasteiger partial charge on any atom is -0.444 e. The molecule has 1 aromatic carbocycles. The first-order valence-corrected chi connectivity index (χ1v) is 10.7. The molecule has 1 heterocycles. The smallest absolute Gasteiger partial charge is 0.410 e. The molecule has 9 heteroatoms. The minimum absolute atomic E-state index is 0.209. The summed E-state index contributed by atoms with van der Waals surface area (Å²) < 4.78 is 32.4. The van der Waals surface area contributed by atoms with Gasteiger partial charge in [0.05, 0.1) is 5.75 Å². The van der Waals surface area contributed by atoms with E-state index in [1.165, 1.54) is 15.3 Å². The Labute approximate surface area is 165 Å². The predicted octanol–water partition coefficient (Wildman–Crippen LogP) is 3.76. The lowest BCUT2D eigenvalue weighted by Crippen LogP contribution is -2.56. The maximum absolute atomic E-state index is 12.8. The number of carbonyl (C=O) groups excluding carboxylic acids is 1. The van der Waals surface area contributed by atoms with Gasteiger partial charge in [0.2, 0.25) is 10.0 Å². The van der Waals surface area contributed by atoms with Crippen molar-refractivity contribution in [2.24, 2.45) is 0 Å². The normalized spacial score (nSPS) is 19.5. The lowest BCUT2D eigenvalue weighted by atomic mass is 10.2. The highest BCUT2D eigenvalue weighted by atomic mass is 35.5. The minimum atomic E-state index is -3.58. The molecule has 0 N–H and O–H groups in total. The first kappa shape index (κ1) is 21.3. The Kier molecular flexibility index (Phi) is 6.48. The van der Waals surface area contributed by atoms with Crippen molar-refractivity contribution >= 4 is 39.3 Å². The topological polar surface area (TPSA) is 66.9 Å². The third kappa shape index (κ3) is 5.49. The molecule has 26 heavy (non-hydrogen) atoms. The fourth-order valence-electron chi connectivity index (χ4n) is 2.76. The van der Waals surface area contributed by atoms with Gasteiger partial charge in [-0.15, -0.1) is 0 Å². The Morgan fingerprint density at radius 3 is 2.46 bits per heavy atom. The molecule has 0 aliphatic carbocycles. The van der Waals surface area contributed by atoms with E-state index in [9.17, 15) is 13.2 Å². The van der Waals surface area contributed by atoms with Crippen LogP contribution in [0.5, 0.6) is 0 Å². The summed E-state index contributed by atoms with van der Waals surface area (Å²) in [5.41, 5.74) is -0.0904. The van der Waals surface area contributed by atoms with Gasteiger partial charge < -0.3 is 9.64 Å². The van der Waals surface area contributed by atoms with Crippen molar-refractivity contribution < 1.29 is 17.9 Å². The molecule has 0 spiro atoms. The van der Waals surface area contributed by atoms with E-state index in [2.05, 4.69) is 0 Å². The van der Waals surface area contributed by atoms with E-state index in [-0.39, 0.29) is 31.4 Å². The van der Waals surface area contributed by atoms with Crippen LogP contribution in [0.15, 0.2) is 18.2 Å². The molecule has 0 saturated carbocycles. The fraction of sp³-hybridized carbons (Fsp3) is 0.588. The molecule has 1 fully saturated rings. The number of benzene rings is 1. The SMILES string of the molecule is CC1CN(C(=O)OC(C)(C)C)CCN1S(=O)(=O)Cc1ccc(Cl)cc1Cl. The van der Waals surface area contributed by atoms with Gasteiger partial charge in [-0.1, -0.05) is 29.3 Å². The third-order valence-electron chi connectivity index (χ3n) is 3.93. The summed E-state index contributed by atoms with van der Waals surface area (Å²) in [7, 11) is -3.58. The number of sulfonamides is 1. The van der Waals surface area contributed by atoms with Crippen molar-refractivity contribution in [1.82, 2.24) is 9.21 Å². The van der Waals surface area contributed by atoms with Crippen molar-refractivity contribution in [2.75, 3.05) is 19.6 Å². The van der Waals surface area contributed by atoms with E-state index in [1.54, 1.807) is 39.8 Å². The van der Waals surface area contributed by atoms with E-state index in [4.69, 9.17) is 27.9 Å². The number of nitrogens with zero attached hydrogens (tertiary/aromatic N) is 2. The highest BCUT2D eigenvalue weighted by Crippen LogP contribution is 2.25. The largest absolute Gasteiger partial charge is 0.444 e. The second kappa shape index (κ2) is 7.92. The van der Waals surface area contributed by atoms with Gasteiger partial charge >= 0.3 is 6.09 Å². The maximum Gasteiger partial charge on any atom is 0.410 e. The summed E-state index contributed by atoms with van der Waals surface area (Å²) in [4.78, 5) is 13.7. The molecular weight excluding hydrogens is 399 g/mol. The van der Waals surface area contributed by atoms with Crippen LogP contribution in [0.4, 0.5) is 4.79 Å². The number of ether oxygens (including phenoxy) is 1. The highest BCUT2D eigenvalue weighted by Gasteiger charge is 2.35. The van der Waals surface area contributed by atoms with Crippen LogP contribution in [-0.2, 0) is 20.5 Å². The Hall–Kier alpha value is -1.02. The lowest BCUT2D eigenvalue weighted by Gasteiger charge is -2.39. The summed E-state index contributed by atoms with van der Waals surface area (Å²) in [5.74, 6) is -0.209. The van der Waals surface area contributed by atoms with Crippen molar-refractivity contribution in [3.8, 4) is 0 Å². The van der Waals surface area contributed by atoms with Gasteiger partial charge in [-0.05, 0) is 45.4 Å². The van der Waals surface area contributed by atoms with Crippen LogP contribution in [0.25, 0.3) is 0 Å². The predicted molar refractivity (Wildman–Crippen MR) is 103 cm³/mol. The van der Waals surface area contributed by atoms with Gasteiger partial charge in [-0.2, -0.15) is 4.31 Å². The van der Waals surface area contributed by atoms with Gasteiger partial charge in [0.15, 0.2) is 0 Å². The van der Waals surface area contributed by atoms with E-state index in [0.29, 0.717) is 15.6 Å². The lowest BCUT2D eigenvalue weighted by molar-refractivity contribution is 0.0143. The molecule has 0 bridgehead atoms. The zero-order valence-corrected chi connectivity index (χ0v) is 17.7. The molecule has 1 atom stereocenters. The molecule has 1 aliphatic rings. The van der Waals surface area contributed by atoms with Gasteiger partial charge in [-0.3, -0.25) is 0 Å². The number of piperazine rings is 1. The second-order valence-electron chi connectivity index (χ2n) is 7.38. The van der Waals surface area contributed by atoms with Crippen LogP contribution in [0.1, 0.15) is 33.3 Å². The summed E-state index contributed by atoms with van der Waals surface area (Å²) in [5, 5.41) is 0.775. The summed E-state index contributed by atoms with van der Waals surface area (Å²) in [6.07, 6.45) is -0.429. The second-order valence-corrected chi connectivity index (χ2v) is 10.1. The summed E-state index contributed by atoms with van der Waals surface area (Å²) >= 11 is 12.0. The molecule has 6 nitrogen and oxygen atoms in total. The number of hydrogen-bond acceptors (Lipinski definition) is 4. The number of rotatable bonds is 3. The van der Waals surface area contributed by atoms with Crippen LogP contribution in [0.2, 0.25) is 10.0 Å². The number of carbonyl (C=O) groups is 1. The molecule has 0 aromatic heterocycles. The van der Waals surface area contributed by atoms with Crippen molar-refractivity contribution in [3.05, 3.63) is 33.8 Å². The Bertz CT molecular complexity index is 777. The van der Waals surface area contributed by atoms with Crippen LogP contribution < -0.4 is 0 Å². The molecule has 1 amide bonds. The number of amides is 1. The van der Waals surface area contributed by atoms with Crippen molar-refractivity contribution in [1.29, 1.82) is 0 Å². The van der Waals surface area contributed by atoms with Crippen molar-refractivity contribution in [3.63, 3.8) is 0 Å². The van der Waals surface area contributed by atoms with E-state index < -0.39 is 21.7 Å². The molecular formula is C17H24Cl2N2O4S. The van der Waals surface area contributed by atoms with Crippen LogP contribution in [0.3, 0.4) is 0 Å². The number of hydrogen-bond donors (Lipinski definition) is 0. The van der Waals surface area contributed by atoms with E-state index in [1.807, 2.05) is 0 Å². The zero-order chi connectivity index (χ0) is 19.7. The van der Waals surface area contributed by atoms with Gasteiger partial charge in [0.1, 0.15) is 5.60 Å². The molecule has 146 valence electrons. The third-order valence-corrected chi connectivity index (χ3v) is 6.45. The van der Waals surface area contributed by atoms with Crippen LogP contribution in [-0.4, -0.2) is 55.0 Å². The quantitative estimate of drug-likeness (QED) is 0.743. The maximum atomic E-state index is 12.8. The molecule has 0 radical (unpaired) electrons.